The monoisotopic (exact) mass is 209 g/mol. The van der Waals surface area contributed by atoms with Crippen molar-refractivity contribution in [3.05, 3.63) is 23.4 Å². The fourth-order valence-electron chi connectivity index (χ4n) is 1.17. The summed E-state index contributed by atoms with van der Waals surface area (Å²) >= 11 is 1.64. The Kier molecular flexibility index (Phi) is 3.52. The highest BCUT2D eigenvalue weighted by Gasteiger charge is 2.11. The van der Waals surface area contributed by atoms with E-state index in [1.54, 1.807) is 18.0 Å². The van der Waals surface area contributed by atoms with Crippen LogP contribution in [0.1, 0.15) is 25.0 Å². The summed E-state index contributed by atoms with van der Waals surface area (Å²) in [5, 5.41) is 8.79. The molecule has 0 aromatic carbocycles. The van der Waals surface area contributed by atoms with Crippen LogP contribution in [0.3, 0.4) is 0 Å². The maximum atomic E-state index is 7.49. The SMILES string of the molecule is Cc1ccnc(SC(C)C)c1C(=N)N. The zero-order valence-electron chi connectivity index (χ0n) is 8.66. The Morgan fingerprint density at radius 3 is 2.71 bits per heavy atom. The van der Waals surface area contributed by atoms with Crippen molar-refractivity contribution in [3.8, 4) is 0 Å². The lowest BCUT2D eigenvalue weighted by Gasteiger charge is -2.10. The van der Waals surface area contributed by atoms with Crippen molar-refractivity contribution in [2.75, 3.05) is 0 Å². The Morgan fingerprint density at radius 2 is 2.21 bits per heavy atom. The first-order chi connectivity index (χ1) is 6.52. The fourth-order valence-corrected chi connectivity index (χ4v) is 2.13. The highest BCUT2D eigenvalue weighted by Crippen LogP contribution is 2.25. The number of aromatic nitrogens is 1. The predicted molar refractivity (Wildman–Crippen MR) is 61.0 cm³/mol. The molecule has 1 aromatic rings. The minimum atomic E-state index is 0.0961. The topological polar surface area (TPSA) is 62.8 Å². The minimum absolute atomic E-state index is 0.0961. The Hall–Kier alpha value is -1.03. The largest absolute Gasteiger partial charge is 0.384 e. The number of rotatable bonds is 3. The van der Waals surface area contributed by atoms with Gasteiger partial charge in [-0.1, -0.05) is 13.8 Å². The molecule has 1 aromatic heterocycles. The second kappa shape index (κ2) is 4.46. The van der Waals surface area contributed by atoms with Gasteiger partial charge in [-0.15, -0.1) is 11.8 Å². The summed E-state index contributed by atoms with van der Waals surface area (Å²) < 4.78 is 0. The van der Waals surface area contributed by atoms with Gasteiger partial charge in [-0.25, -0.2) is 4.98 Å². The van der Waals surface area contributed by atoms with E-state index in [4.69, 9.17) is 11.1 Å². The summed E-state index contributed by atoms with van der Waals surface area (Å²) in [5.74, 6) is 0.0961. The Bertz CT molecular complexity index is 347. The van der Waals surface area contributed by atoms with Crippen LogP contribution in [0, 0.1) is 12.3 Å². The van der Waals surface area contributed by atoms with Gasteiger partial charge in [0.05, 0.1) is 5.56 Å². The Balaban J connectivity index is 3.14. The van der Waals surface area contributed by atoms with Crippen LogP contribution in [-0.2, 0) is 0 Å². The number of amidine groups is 1. The number of nitrogens with one attached hydrogen (secondary N) is 1. The lowest BCUT2D eigenvalue weighted by molar-refractivity contribution is 1.05. The van der Waals surface area contributed by atoms with Gasteiger partial charge in [0.25, 0.3) is 0 Å². The summed E-state index contributed by atoms with van der Waals surface area (Å²) in [4.78, 5) is 4.24. The van der Waals surface area contributed by atoms with E-state index in [1.807, 2.05) is 13.0 Å². The molecular weight excluding hydrogens is 194 g/mol. The maximum Gasteiger partial charge on any atom is 0.125 e. The normalized spacial score (nSPS) is 10.6. The van der Waals surface area contributed by atoms with E-state index in [0.29, 0.717) is 5.25 Å². The van der Waals surface area contributed by atoms with Crippen molar-refractivity contribution in [1.29, 1.82) is 5.41 Å². The third-order valence-electron chi connectivity index (χ3n) is 1.74. The molecule has 4 heteroatoms. The zero-order valence-corrected chi connectivity index (χ0v) is 9.48. The van der Waals surface area contributed by atoms with Crippen molar-refractivity contribution in [2.24, 2.45) is 5.73 Å². The van der Waals surface area contributed by atoms with Gasteiger partial charge in [-0.05, 0) is 18.6 Å². The van der Waals surface area contributed by atoms with Gasteiger partial charge >= 0.3 is 0 Å². The number of nitrogens with two attached hydrogens (primary N) is 1. The Labute approximate surface area is 88.6 Å². The first-order valence-corrected chi connectivity index (χ1v) is 5.37. The molecule has 0 fully saturated rings. The second-order valence-electron chi connectivity index (χ2n) is 3.39. The molecule has 0 radical (unpaired) electrons. The molecule has 3 nitrogen and oxygen atoms in total. The van der Waals surface area contributed by atoms with Crippen molar-refractivity contribution in [3.63, 3.8) is 0 Å². The molecule has 0 atom stereocenters. The smallest absolute Gasteiger partial charge is 0.125 e. The molecule has 0 unspecified atom stereocenters. The molecule has 0 bridgehead atoms. The molecule has 76 valence electrons. The van der Waals surface area contributed by atoms with E-state index in [0.717, 1.165) is 16.2 Å². The van der Waals surface area contributed by atoms with Gasteiger partial charge in [0.15, 0.2) is 0 Å². The van der Waals surface area contributed by atoms with E-state index in [2.05, 4.69) is 18.8 Å². The van der Waals surface area contributed by atoms with Crippen LogP contribution in [0.4, 0.5) is 0 Å². The van der Waals surface area contributed by atoms with Crippen molar-refractivity contribution in [2.45, 2.75) is 31.0 Å². The Morgan fingerprint density at radius 1 is 1.57 bits per heavy atom. The summed E-state index contributed by atoms with van der Waals surface area (Å²) in [6.07, 6.45) is 1.76. The van der Waals surface area contributed by atoms with Gasteiger partial charge in [0.1, 0.15) is 10.9 Å². The minimum Gasteiger partial charge on any atom is -0.384 e. The summed E-state index contributed by atoms with van der Waals surface area (Å²) in [7, 11) is 0. The van der Waals surface area contributed by atoms with Gasteiger partial charge in [-0.3, -0.25) is 5.41 Å². The van der Waals surface area contributed by atoms with E-state index < -0.39 is 0 Å². The second-order valence-corrected chi connectivity index (χ2v) is 4.95. The molecule has 0 aliphatic heterocycles. The molecule has 0 aliphatic carbocycles. The number of nitrogen functional groups attached to an aromatic ring is 1. The standard InChI is InChI=1S/C10H15N3S/c1-6(2)14-10-8(9(11)12)7(3)4-5-13-10/h4-6H,1-3H3,(H3,11,12). The first kappa shape index (κ1) is 11.0. The first-order valence-electron chi connectivity index (χ1n) is 4.49. The molecule has 0 saturated carbocycles. The van der Waals surface area contributed by atoms with Crippen LogP contribution in [0.25, 0.3) is 0 Å². The van der Waals surface area contributed by atoms with E-state index >= 15 is 0 Å². The average molecular weight is 209 g/mol. The molecule has 0 spiro atoms. The number of aryl methyl sites for hydroxylation is 1. The molecule has 0 saturated heterocycles. The van der Waals surface area contributed by atoms with Gasteiger partial charge in [0, 0.05) is 11.4 Å². The maximum absolute atomic E-state index is 7.49. The quantitative estimate of drug-likeness (QED) is 0.455. The van der Waals surface area contributed by atoms with E-state index in [-0.39, 0.29) is 5.84 Å². The van der Waals surface area contributed by atoms with Crippen LogP contribution < -0.4 is 5.73 Å². The summed E-state index contributed by atoms with van der Waals surface area (Å²) in [6, 6.07) is 1.88. The van der Waals surface area contributed by atoms with Gasteiger partial charge in [-0.2, -0.15) is 0 Å². The molecule has 3 N–H and O–H groups in total. The highest BCUT2D eigenvalue weighted by molar-refractivity contribution is 7.99. The van der Waals surface area contributed by atoms with Gasteiger partial charge in [0.2, 0.25) is 0 Å². The molecule has 1 heterocycles. The average Bonchev–Trinajstić information content (AvgIpc) is 2.01. The van der Waals surface area contributed by atoms with Crippen LogP contribution in [0.2, 0.25) is 0 Å². The molecule has 0 amide bonds. The van der Waals surface area contributed by atoms with Crippen molar-refractivity contribution < 1.29 is 0 Å². The van der Waals surface area contributed by atoms with Crippen LogP contribution in [-0.4, -0.2) is 16.1 Å². The van der Waals surface area contributed by atoms with Crippen molar-refractivity contribution >= 4 is 17.6 Å². The number of pyridine rings is 1. The number of thioether (sulfide) groups is 1. The molecule has 0 aliphatic rings. The molecule has 14 heavy (non-hydrogen) atoms. The lowest BCUT2D eigenvalue weighted by Crippen LogP contribution is -2.15. The molecule has 1 rings (SSSR count). The predicted octanol–water partition coefficient (Wildman–Crippen LogP) is 2.17. The summed E-state index contributed by atoms with van der Waals surface area (Å²) in [6.45, 7) is 6.14. The van der Waals surface area contributed by atoms with E-state index in [1.165, 1.54) is 0 Å². The van der Waals surface area contributed by atoms with Crippen LogP contribution in [0.5, 0.6) is 0 Å². The molecular formula is C10H15N3S. The fraction of sp³-hybridized carbons (Fsp3) is 0.400. The number of hydrogen-bond acceptors (Lipinski definition) is 3. The third kappa shape index (κ3) is 2.48. The van der Waals surface area contributed by atoms with Crippen molar-refractivity contribution in [1.82, 2.24) is 4.98 Å². The third-order valence-corrected chi connectivity index (χ3v) is 2.75. The van der Waals surface area contributed by atoms with Crippen LogP contribution >= 0.6 is 11.8 Å². The number of hydrogen-bond donors (Lipinski definition) is 2. The van der Waals surface area contributed by atoms with Gasteiger partial charge < -0.3 is 5.73 Å². The number of nitrogens with zero attached hydrogens (tertiary/aromatic N) is 1. The highest BCUT2D eigenvalue weighted by atomic mass is 32.2. The summed E-state index contributed by atoms with van der Waals surface area (Å²) in [5.41, 5.74) is 7.30. The van der Waals surface area contributed by atoms with E-state index in [9.17, 15) is 0 Å². The zero-order chi connectivity index (χ0) is 10.7. The van der Waals surface area contributed by atoms with Crippen LogP contribution in [0.15, 0.2) is 17.3 Å². The lowest BCUT2D eigenvalue weighted by atomic mass is 10.1.